The second kappa shape index (κ2) is 5.97. The van der Waals surface area contributed by atoms with Gasteiger partial charge in [-0.25, -0.2) is 8.78 Å². The van der Waals surface area contributed by atoms with Crippen molar-refractivity contribution in [3.05, 3.63) is 23.3 Å². The van der Waals surface area contributed by atoms with E-state index in [1.165, 1.54) is 12.1 Å². The lowest BCUT2D eigenvalue weighted by Crippen LogP contribution is -2.11. The van der Waals surface area contributed by atoms with E-state index in [1.54, 1.807) is 0 Å². The number of rotatable bonds is 4. The number of ketones is 1. The van der Waals surface area contributed by atoms with E-state index in [1.807, 2.05) is 0 Å². The van der Waals surface area contributed by atoms with Crippen LogP contribution in [0.4, 0.5) is 8.78 Å². The first-order valence-corrected chi connectivity index (χ1v) is 6.08. The van der Waals surface area contributed by atoms with Gasteiger partial charge in [0.2, 0.25) is 0 Å². The van der Waals surface area contributed by atoms with E-state index in [9.17, 15) is 13.6 Å². The third kappa shape index (κ3) is 3.01. The largest absolute Gasteiger partial charge is 0.490 e. The first-order chi connectivity index (χ1) is 9.13. The Labute approximate surface area is 109 Å². The summed E-state index contributed by atoms with van der Waals surface area (Å²) in [5.74, 6) is 0.188. The van der Waals surface area contributed by atoms with Gasteiger partial charge in [-0.15, -0.1) is 0 Å². The van der Waals surface area contributed by atoms with Crippen LogP contribution >= 0.6 is 0 Å². The van der Waals surface area contributed by atoms with Crippen LogP contribution in [0, 0.1) is 0 Å². The van der Waals surface area contributed by atoms with Crippen molar-refractivity contribution in [3.8, 4) is 11.5 Å². The van der Waals surface area contributed by atoms with Crippen LogP contribution in [0.15, 0.2) is 12.1 Å². The zero-order valence-corrected chi connectivity index (χ0v) is 10.3. The van der Waals surface area contributed by atoms with Gasteiger partial charge in [0.15, 0.2) is 17.3 Å². The third-order valence-electron chi connectivity index (χ3n) is 2.83. The molecule has 2 N–H and O–H groups in total. The maximum atomic E-state index is 13.0. The van der Waals surface area contributed by atoms with Gasteiger partial charge in [-0.05, 0) is 18.7 Å². The van der Waals surface area contributed by atoms with Crippen molar-refractivity contribution in [3.63, 3.8) is 0 Å². The number of carbonyl (C=O) groups excluding carboxylic acids is 1. The fraction of sp³-hybridized carbons (Fsp3) is 0.462. The quantitative estimate of drug-likeness (QED) is 0.854. The molecule has 0 fully saturated rings. The van der Waals surface area contributed by atoms with Crippen molar-refractivity contribution >= 4 is 5.78 Å². The molecule has 4 nitrogen and oxygen atoms in total. The zero-order valence-electron chi connectivity index (χ0n) is 10.3. The Morgan fingerprint density at radius 2 is 1.89 bits per heavy atom. The standard InChI is InChI=1S/C13H15F2NO3/c14-13(15)9-7-12-11(18-4-1-5-19-12)6-8(9)10(17)2-3-16/h6-7,13H,1-5,16H2. The van der Waals surface area contributed by atoms with Crippen LogP contribution in [0.5, 0.6) is 11.5 Å². The average molecular weight is 271 g/mol. The molecule has 6 heteroatoms. The Morgan fingerprint density at radius 3 is 2.47 bits per heavy atom. The highest BCUT2D eigenvalue weighted by Gasteiger charge is 2.23. The van der Waals surface area contributed by atoms with Gasteiger partial charge in [-0.2, -0.15) is 0 Å². The number of hydrogen-bond acceptors (Lipinski definition) is 4. The maximum Gasteiger partial charge on any atom is 0.264 e. The molecule has 104 valence electrons. The van der Waals surface area contributed by atoms with Crippen LogP contribution in [0.25, 0.3) is 0 Å². The monoisotopic (exact) mass is 271 g/mol. The minimum atomic E-state index is -2.74. The number of carbonyl (C=O) groups is 1. The van der Waals surface area contributed by atoms with Crippen LogP contribution in [0.3, 0.4) is 0 Å². The maximum absolute atomic E-state index is 13.0. The second-order valence-corrected chi connectivity index (χ2v) is 4.20. The van der Waals surface area contributed by atoms with Gasteiger partial charge >= 0.3 is 0 Å². The molecule has 0 saturated carbocycles. The Hall–Kier alpha value is -1.69. The number of halogens is 2. The number of alkyl halides is 2. The Morgan fingerprint density at radius 1 is 1.26 bits per heavy atom. The molecule has 0 saturated heterocycles. The van der Waals surface area contributed by atoms with Crippen molar-refractivity contribution in [2.24, 2.45) is 5.73 Å². The molecular weight excluding hydrogens is 256 g/mol. The van der Waals surface area contributed by atoms with Gasteiger partial charge < -0.3 is 15.2 Å². The number of nitrogens with two attached hydrogens (primary N) is 1. The molecule has 1 aromatic rings. The summed E-state index contributed by atoms with van der Waals surface area (Å²) in [5, 5.41) is 0. The molecule has 1 aliphatic heterocycles. The molecule has 0 bridgehead atoms. The molecule has 2 rings (SSSR count). The molecule has 19 heavy (non-hydrogen) atoms. The molecule has 1 aliphatic rings. The molecule has 0 aromatic heterocycles. The van der Waals surface area contributed by atoms with E-state index in [-0.39, 0.29) is 29.8 Å². The minimum absolute atomic E-state index is 0.0271. The highest BCUT2D eigenvalue weighted by atomic mass is 19.3. The SMILES string of the molecule is NCCC(=O)c1cc2c(cc1C(F)F)OCCCO2. The normalized spacial score (nSPS) is 14.3. The molecule has 0 aliphatic carbocycles. The summed E-state index contributed by atoms with van der Waals surface area (Å²) in [5.41, 5.74) is 4.92. The summed E-state index contributed by atoms with van der Waals surface area (Å²) in [6.45, 7) is 0.966. The summed E-state index contributed by atoms with van der Waals surface area (Å²) in [6.07, 6.45) is -2.04. The van der Waals surface area contributed by atoms with Crippen LogP contribution < -0.4 is 15.2 Å². The van der Waals surface area contributed by atoms with E-state index >= 15 is 0 Å². The fourth-order valence-electron chi connectivity index (χ4n) is 1.91. The van der Waals surface area contributed by atoms with E-state index in [0.29, 0.717) is 25.4 Å². The summed E-state index contributed by atoms with van der Waals surface area (Å²) >= 11 is 0. The van der Waals surface area contributed by atoms with Crippen LogP contribution in [-0.2, 0) is 0 Å². The third-order valence-corrected chi connectivity index (χ3v) is 2.83. The van der Waals surface area contributed by atoms with Crippen LogP contribution in [-0.4, -0.2) is 25.5 Å². The van der Waals surface area contributed by atoms with Gasteiger partial charge in [0.1, 0.15) is 0 Å². The lowest BCUT2D eigenvalue weighted by atomic mass is 10.0. The number of fused-ring (bicyclic) bond motifs is 1. The van der Waals surface area contributed by atoms with Crippen molar-refractivity contribution in [1.82, 2.24) is 0 Å². The molecule has 0 radical (unpaired) electrons. The predicted molar refractivity (Wildman–Crippen MR) is 65.0 cm³/mol. The summed E-state index contributed by atoms with van der Waals surface area (Å²) in [6, 6.07) is 2.52. The molecule has 0 unspecified atom stereocenters. The Balaban J connectivity index is 2.45. The molecule has 0 spiro atoms. The van der Waals surface area contributed by atoms with Crippen molar-refractivity contribution in [1.29, 1.82) is 0 Å². The van der Waals surface area contributed by atoms with E-state index in [0.717, 1.165) is 0 Å². The molecule has 0 amide bonds. The fourth-order valence-corrected chi connectivity index (χ4v) is 1.91. The number of benzene rings is 1. The van der Waals surface area contributed by atoms with Gasteiger partial charge in [0, 0.05) is 24.0 Å². The van der Waals surface area contributed by atoms with Gasteiger partial charge in [0.05, 0.1) is 13.2 Å². The lowest BCUT2D eigenvalue weighted by Gasteiger charge is -2.13. The predicted octanol–water partition coefficient (Wildman–Crippen LogP) is 2.32. The number of hydrogen-bond donors (Lipinski definition) is 1. The van der Waals surface area contributed by atoms with Crippen molar-refractivity contribution < 1.29 is 23.0 Å². The van der Waals surface area contributed by atoms with Gasteiger partial charge in [-0.3, -0.25) is 4.79 Å². The van der Waals surface area contributed by atoms with Crippen LogP contribution in [0.2, 0.25) is 0 Å². The van der Waals surface area contributed by atoms with Crippen molar-refractivity contribution in [2.45, 2.75) is 19.3 Å². The average Bonchev–Trinajstić information content (AvgIpc) is 2.61. The molecular formula is C13H15F2NO3. The van der Waals surface area contributed by atoms with Gasteiger partial charge in [-0.1, -0.05) is 0 Å². The van der Waals surface area contributed by atoms with Gasteiger partial charge in [0.25, 0.3) is 6.43 Å². The zero-order chi connectivity index (χ0) is 13.8. The highest BCUT2D eigenvalue weighted by molar-refractivity contribution is 5.98. The second-order valence-electron chi connectivity index (χ2n) is 4.20. The first-order valence-electron chi connectivity index (χ1n) is 6.08. The van der Waals surface area contributed by atoms with E-state index in [2.05, 4.69) is 0 Å². The first kappa shape index (κ1) is 13.7. The molecule has 1 heterocycles. The van der Waals surface area contributed by atoms with E-state index in [4.69, 9.17) is 15.2 Å². The molecule has 1 aromatic carbocycles. The smallest absolute Gasteiger partial charge is 0.264 e. The summed E-state index contributed by atoms with van der Waals surface area (Å²) in [7, 11) is 0. The summed E-state index contributed by atoms with van der Waals surface area (Å²) < 4.78 is 36.8. The number of ether oxygens (including phenoxy) is 2. The highest BCUT2D eigenvalue weighted by Crippen LogP contribution is 2.37. The topological polar surface area (TPSA) is 61.6 Å². The number of Topliss-reactive ketones (excluding diaryl/α,β-unsaturated/α-hetero) is 1. The minimum Gasteiger partial charge on any atom is -0.490 e. The van der Waals surface area contributed by atoms with E-state index < -0.39 is 12.2 Å². The molecule has 0 atom stereocenters. The Bertz CT molecular complexity index is 477. The summed E-state index contributed by atoms with van der Waals surface area (Å²) in [4.78, 5) is 11.8. The Kier molecular flexibility index (Phi) is 4.31. The van der Waals surface area contributed by atoms with Crippen molar-refractivity contribution in [2.75, 3.05) is 19.8 Å². The van der Waals surface area contributed by atoms with Crippen LogP contribution in [0.1, 0.15) is 35.2 Å². The lowest BCUT2D eigenvalue weighted by molar-refractivity contribution is 0.0970.